The zero-order chi connectivity index (χ0) is 4.50. The molecular formula is H13K2N2O5P. The van der Waals surface area contributed by atoms with Crippen LogP contribution in [0.15, 0.2) is 0 Å². The summed E-state index contributed by atoms with van der Waals surface area (Å²) >= 11 is 0. The van der Waals surface area contributed by atoms with E-state index in [-0.39, 0.29) is 121 Å². The fourth-order valence-corrected chi connectivity index (χ4v) is 0. The summed E-state index contributed by atoms with van der Waals surface area (Å²) < 4.78 is 8.88. The van der Waals surface area contributed by atoms with Crippen LogP contribution in [0.5, 0.6) is 0 Å². The van der Waals surface area contributed by atoms with E-state index in [2.05, 4.69) is 0 Å². The summed E-state index contributed by atoms with van der Waals surface area (Å²) in [6.45, 7) is 0. The number of hydrogen-bond acceptors (Lipinski definition) is 3. The molecule has 11 N–H and O–H groups in total. The standard InChI is InChI=1S/2K.2H3N.H3O4P.H2O.2H/c;;;;1-5(2,3)4;;;/h;;2*1H3;(H3,1,2,3,4);1H2;;. The van der Waals surface area contributed by atoms with Gasteiger partial charge in [-0.1, -0.05) is 0 Å². The van der Waals surface area contributed by atoms with Gasteiger partial charge in [0.15, 0.2) is 0 Å². The van der Waals surface area contributed by atoms with E-state index in [1.54, 1.807) is 0 Å². The van der Waals surface area contributed by atoms with Crippen molar-refractivity contribution in [2.75, 3.05) is 0 Å². The van der Waals surface area contributed by atoms with Crippen LogP contribution in [0.25, 0.3) is 0 Å². The van der Waals surface area contributed by atoms with Crippen molar-refractivity contribution in [3.63, 3.8) is 0 Å². The minimum absolute atomic E-state index is 0. The van der Waals surface area contributed by atoms with Crippen LogP contribution in [-0.4, -0.2) is 123 Å². The molecule has 10 heteroatoms. The quantitative estimate of drug-likeness (QED) is 0.222. The second kappa shape index (κ2) is 18.1. The first kappa shape index (κ1) is 37.8. The van der Waals surface area contributed by atoms with Crippen molar-refractivity contribution >= 4 is 111 Å². The van der Waals surface area contributed by atoms with Crippen LogP contribution in [0, 0.1) is 0 Å². The first-order valence-electron chi connectivity index (χ1n) is 0.783. The normalized spacial score (nSPS) is 5.90. The predicted molar refractivity (Wildman–Crippen MR) is 42.2 cm³/mol. The molecule has 0 aliphatic heterocycles. The summed E-state index contributed by atoms with van der Waals surface area (Å²) in [5.74, 6) is 0. The first-order valence-corrected chi connectivity index (χ1v) is 2.35. The number of hydrogen-bond donors (Lipinski definition) is 5. The zero-order valence-corrected chi connectivity index (χ0v) is 5.01. The fourth-order valence-electron chi connectivity index (χ4n) is 0. The van der Waals surface area contributed by atoms with Gasteiger partial charge in [-0.15, -0.1) is 0 Å². The third-order valence-corrected chi connectivity index (χ3v) is 0. The Morgan fingerprint density at radius 2 is 0.900 bits per heavy atom. The van der Waals surface area contributed by atoms with Gasteiger partial charge in [-0.05, 0) is 0 Å². The van der Waals surface area contributed by atoms with E-state index in [0.717, 1.165) is 0 Å². The van der Waals surface area contributed by atoms with E-state index in [1.807, 2.05) is 0 Å². The minimum atomic E-state index is -4.64. The monoisotopic (exact) mass is 230 g/mol. The zero-order valence-electron chi connectivity index (χ0n) is 4.11. The Bertz CT molecular complexity index is 63.8. The van der Waals surface area contributed by atoms with Gasteiger partial charge in [-0.2, -0.15) is 0 Å². The molecule has 0 spiro atoms. The molecule has 0 bridgehead atoms. The first-order chi connectivity index (χ1) is 2.00. The molecule has 0 aliphatic carbocycles. The van der Waals surface area contributed by atoms with Gasteiger partial charge >= 0.3 is 111 Å². The molecule has 0 aliphatic rings. The van der Waals surface area contributed by atoms with Crippen molar-refractivity contribution in [3.05, 3.63) is 0 Å². The Labute approximate surface area is 144 Å². The average molecular weight is 230 g/mol. The van der Waals surface area contributed by atoms with Gasteiger partial charge in [0, 0.05) is 0 Å². The van der Waals surface area contributed by atoms with Crippen LogP contribution >= 0.6 is 7.82 Å². The van der Waals surface area contributed by atoms with Crippen LogP contribution in [0.1, 0.15) is 0 Å². The van der Waals surface area contributed by atoms with Crippen molar-refractivity contribution in [1.82, 2.24) is 12.3 Å². The molecule has 60 valence electrons. The Morgan fingerprint density at radius 3 is 0.900 bits per heavy atom. The van der Waals surface area contributed by atoms with E-state index in [1.165, 1.54) is 0 Å². The van der Waals surface area contributed by atoms with Crippen molar-refractivity contribution in [1.29, 1.82) is 0 Å². The third kappa shape index (κ3) is 111. The topological polar surface area (TPSA) is 179 Å². The van der Waals surface area contributed by atoms with Gasteiger partial charge in [0.05, 0.1) is 0 Å². The molecule has 0 saturated carbocycles. The maximum absolute atomic E-state index is 8.88. The van der Waals surface area contributed by atoms with Gasteiger partial charge in [0.2, 0.25) is 0 Å². The Hall–Kier alpha value is 3.26. The van der Waals surface area contributed by atoms with E-state index in [4.69, 9.17) is 19.2 Å². The van der Waals surface area contributed by atoms with Gasteiger partial charge in [0.25, 0.3) is 0 Å². The third-order valence-electron chi connectivity index (χ3n) is 0. The van der Waals surface area contributed by atoms with E-state index in [9.17, 15) is 0 Å². The molecule has 10 heavy (non-hydrogen) atoms. The molecule has 0 unspecified atom stereocenters. The van der Waals surface area contributed by atoms with Crippen molar-refractivity contribution in [2.45, 2.75) is 0 Å². The van der Waals surface area contributed by atoms with Gasteiger partial charge in [-0.25, -0.2) is 4.57 Å². The summed E-state index contributed by atoms with van der Waals surface area (Å²) in [6, 6.07) is 0. The van der Waals surface area contributed by atoms with Crippen LogP contribution < -0.4 is 12.3 Å². The van der Waals surface area contributed by atoms with Crippen LogP contribution in [-0.2, 0) is 4.57 Å². The number of phosphoric acid groups is 1. The molecule has 0 radical (unpaired) electrons. The van der Waals surface area contributed by atoms with E-state index < -0.39 is 7.82 Å². The predicted octanol–water partition coefficient (Wildman–Crippen LogP) is -2.73. The molecule has 0 fully saturated rings. The maximum atomic E-state index is 8.88. The summed E-state index contributed by atoms with van der Waals surface area (Å²) in [4.78, 5) is 21.6. The molecule has 0 rings (SSSR count). The second-order valence-electron chi connectivity index (χ2n) is 0.513. The molecule has 0 aromatic heterocycles. The van der Waals surface area contributed by atoms with Gasteiger partial charge < -0.3 is 32.5 Å². The molecule has 7 nitrogen and oxygen atoms in total. The van der Waals surface area contributed by atoms with Crippen molar-refractivity contribution < 1.29 is 24.7 Å². The molecule has 0 amide bonds. The molecule has 0 aromatic rings. The van der Waals surface area contributed by atoms with Gasteiger partial charge in [-0.3, -0.25) is 0 Å². The summed E-state index contributed by atoms with van der Waals surface area (Å²) in [7, 11) is -4.64. The van der Waals surface area contributed by atoms with Crippen LogP contribution in [0.4, 0.5) is 0 Å². The Kier molecular flexibility index (Phi) is 68.5. The molecule has 0 saturated heterocycles. The van der Waals surface area contributed by atoms with Crippen molar-refractivity contribution in [3.8, 4) is 0 Å². The fraction of sp³-hybridized carbons (Fsp3) is 0. The Balaban J connectivity index is -0.00000000800. The molecule has 0 heterocycles. The molecular weight excluding hydrogens is 217 g/mol. The SMILES string of the molecule is N.N.O.O=P(O)(O)O.[KH].[KH]. The molecule has 0 aromatic carbocycles. The Morgan fingerprint density at radius 1 is 0.900 bits per heavy atom. The molecule has 0 atom stereocenters. The summed E-state index contributed by atoms with van der Waals surface area (Å²) in [6.07, 6.45) is 0. The number of rotatable bonds is 0. The van der Waals surface area contributed by atoms with Gasteiger partial charge in [0.1, 0.15) is 0 Å². The summed E-state index contributed by atoms with van der Waals surface area (Å²) in [5, 5.41) is 0. The van der Waals surface area contributed by atoms with E-state index in [0.29, 0.717) is 0 Å². The van der Waals surface area contributed by atoms with E-state index >= 15 is 0 Å². The average Bonchev–Trinajstić information content (AvgIpc) is 0.722. The van der Waals surface area contributed by atoms with Crippen LogP contribution in [0.2, 0.25) is 0 Å². The van der Waals surface area contributed by atoms with Crippen molar-refractivity contribution in [2.24, 2.45) is 0 Å². The summed E-state index contributed by atoms with van der Waals surface area (Å²) in [5.41, 5.74) is 0. The second-order valence-corrected chi connectivity index (χ2v) is 1.54. The van der Waals surface area contributed by atoms with Crippen LogP contribution in [0.3, 0.4) is 0 Å².